The van der Waals surface area contributed by atoms with Gasteiger partial charge in [-0.2, -0.15) is 0 Å². The number of hydrogen-bond acceptors (Lipinski definition) is 5. The summed E-state index contributed by atoms with van der Waals surface area (Å²) in [5, 5.41) is 13.2. The Labute approximate surface area is 176 Å². The molecular weight excluding hydrogens is 384 g/mol. The van der Waals surface area contributed by atoms with Crippen LogP contribution in [-0.2, 0) is 0 Å². The van der Waals surface area contributed by atoms with Crippen molar-refractivity contribution in [2.24, 2.45) is 4.99 Å². The number of hydrogen-bond donors (Lipinski definition) is 1. The Hall–Kier alpha value is -2.86. The lowest BCUT2D eigenvalue weighted by atomic mass is 10.0. The van der Waals surface area contributed by atoms with Gasteiger partial charge in [-0.05, 0) is 50.1 Å². The summed E-state index contributed by atoms with van der Waals surface area (Å²) in [4.78, 5) is 6.47. The van der Waals surface area contributed by atoms with Crippen molar-refractivity contribution in [3.05, 3.63) is 64.9 Å². The molecule has 6 nitrogen and oxygen atoms in total. The Bertz CT molecular complexity index is 987. The average Bonchev–Trinajstić information content (AvgIpc) is 3.12. The second kappa shape index (κ2) is 8.66. The van der Waals surface area contributed by atoms with Crippen LogP contribution >= 0.6 is 11.6 Å². The molecule has 0 spiro atoms. The van der Waals surface area contributed by atoms with Gasteiger partial charge < -0.3 is 10.2 Å². The van der Waals surface area contributed by atoms with Gasteiger partial charge in [0.1, 0.15) is 5.82 Å². The summed E-state index contributed by atoms with van der Waals surface area (Å²) in [7, 11) is 1.80. The van der Waals surface area contributed by atoms with Crippen LogP contribution in [0.2, 0.25) is 5.02 Å². The fourth-order valence-electron chi connectivity index (χ4n) is 3.77. The maximum absolute atomic E-state index is 6.05. The number of benzene rings is 2. The zero-order chi connectivity index (χ0) is 20.2. The quantitative estimate of drug-likeness (QED) is 0.637. The summed E-state index contributed by atoms with van der Waals surface area (Å²) in [5.74, 6) is 1.76. The molecule has 4 rings (SSSR count). The molecule has 2 heterocycles. The molecule has 2 aromatic carbocycles. The zero-order valence-corrected chi connectivity index (χ0v) is 17.5. The Morgan fingerprint density at radius 3 is 2.52 bits per heavy atom. The van der Waals surface area contributed by atoms with E-state index in [4.69, 9.17) is 11.6 Å². The minimum absolute atomic E-state index is 0.422. The Kier molecular flexibility index (Phi) is 5.81. The molecule has 1 fully saturated rings. The number of nitrogens with one attached hydrogen (secondary N) is 1. The monoisotopic (exact) mass is 408 g/mol. The van der Waals surface area contributed by atoms with Crippen molar-refractivity contribution >= 4 is 29.5 Å². The molecule has 0 bridgehead atoms. The third-order valence-electron chi connectivity index (χ3n) is 5.26. The van der Waals surface area contributed by atoms with Crippen molar-refractivity contribution < 1.29 is 0 Å². The largest absolute Gasteiger partial charge is 0.382 e. The molecule has 0 radical (unpaired) electrons. The number of rotatable bonds is 5. The molecule has 1 aromatic heterocycles. The van der Waals surface area contributed by atoms with E-state index in [1.165, 1.54) is 0 Å². The maximum Gasteiger partial charge on any atom is 0.231 e. The summed E-state index contributed by atoms with van der Waals surface area (Å²) in [6.45, 7) is 3.83. The molecule has 7 heteroatoms. The highest BCUT2D eigenvalue weighted by molar-refractivity contribution is 6.30. The van der Waals surface area contributed by atoms with Crippen molar-refractivity contribution in [2.75, 3.05) is 30.4 Å². The molecule has 1 aliphatic rings. The highest BCUT2D eigenvalue weighted by Gasteiger charge is 2.24. The van der Waals surface area contributed by atoms with Gasteiger partial charge in [-0.1, -0.05) is 29.8 Å². The summed E-state index contributed by atoms with van der Waals surface area (Å²) >= 11 is 6.05. The summed E-state index contributed by atoms with van der Waals surface area (Å²) in [6.07, 6.45) is 3.96. The van der Waals surface area contributed by atoms with Crippen molar-refractivity contribution in [2.45, 2.75) is 25.8 Å². The smallest absolute Gasteiger partial charge is 0.231 e. The lowest BCUT2D eigenvalue weighted by Crippen LogP contribution is -2.40. The summed E-state index contributed by atoms with van der Waals surface area (Å²) < 4.78 is 2.09. The van der Waals surface area contributed by atoms with Crippen LogP contribution in [0.25, 0.3) is 5.69 Å². The average molecular weight is 409 g/mol. The van der Waals surface area contributed by atoms with Gasteiger partial charge in [-0.15, -0.1) is 10.2 Å². The Balaban J connectivity index is 1.46. The maximum atomic E-state index is 6.05. The number of aliphatic imine (C=N–C) groups is 1. The molecule has 29 heavy (non-hydrogen) atoms. The van der Waals surface area contributed by atoms with Crippen molar-refractivity contribution in [1.29, 1.82) is 0 Å². The van der Waals surface area contributed by atoms with E-state index in [0.29, 0.717) is 6.04 Å². The van der Waals surface area contributed by atoms with Crippen LogP contribution in [-0.4, -0.2) is 47.2 Å². The van der Waals surface area contributed by atoms with Crippen LogP contribution in [0.15, 0.2) is 53.5 Å². The van der Waals surface area contributed by atoms with Crippen LogP contribution in [0.1, 0.15) is 24.2 Å². The Morgan fingerprint density at radius 1 is 1.07 bits per heavy atom. The normalized spacial score (nSPS) is 15.2. The molecule has 0 saturated carbocycles. The van der Waals surface area contributed by atoms with Crippen molar-refractivity contribution in [3.8, 4) is 5.69 Å². The predicted octanol–water partition coefficient (Wildman–Crippen LogP) is 4.36. The van der Waals surface area contributed by atoms with E-state index < -0.39 is 0 Å². The van der Waals surface area contributed by atoms with Gasteiger partial charge in [-0.3, -0.25) is 9.56 Å². The van der Waals surface area contributed by atoms with Gasteiger partial charge in [0, 0.05) is 48.7 Å². The third kappa shape index (κ3) is 4.27. The topological polar surface area (TPSA) is 58.3 Å². The predicted molar refractivity (Wildman–Crippen MR) is 120 cm³/mol. The van der Waals surface area contributed by atoms with E-state index in [9.17, 15) is 0 Å². The van der Waals surface area contributed by atoms with Crippen LogP contribution in [0, 0.1) is 6.92 Å². The van der Waals surface area contributed by atoms with Gasteiger partial charge >= 0.3 is 0 Å². The fourth-order valence-corrected chi connectivity index (χ4v) is 3.90. The lowest BCUT2D eigenvalue weighted by molar-refractivity contribution is 0.518. The molecule has 1 saturated heterocycles. The number of halogens is 1. The number of anilines is 2. The van der Waals surface area contributed by atoms with Crippen LogP contribution in [0.3, 0.4) is 0 Å². The minimum Gasteiger partial charge on any atom is -0.382 e. The van der Waals surface area contributed by atoms with E-state index in [2.05, 4.69) is 48.2 Å². The number of aromatic nitrogens is 3. The van der Waals surface area contributed by atoms with Crippen LogP contribution in [0.5, 0.6) is 0 Å². The van der Waals surface area contributed by atoms with Crippen LogP contribution < -0.4 is 10.2 Å². The first-order chi connectivity index (χ1) is 14.2. The lowest BCUT2D eigenvalue weighted by Gasteiger charge is -2.33. The molecule has 150 valence electrons. The fraction of sp³-hybridized carbons (Fsp3) is 0.318. The van der Waals surface area contributed by atoms with E-state index in [1.807, 2.05) is 43.5 Å². The number of para-hydroxylation sites is 1. The van der Waals surface area contributed by atoms with E-state index >= 15 is 0 Å². The summed E-state index contributed by atoms with van der Waals surface area (Å²) in [6, 6.07) is 16.5. The molecule has 1 N–H and O–H groups in total. The second-order valence-corrected chi connectivity index (χ2v) is 7.68. The molecule has 0 aliphatic carbocycles. The SMILES string of the molecule is CN=Cc1ccccc1NC1CCN(c2nnc(C)n2-c2ccc(Cl)cc2)CC1. The first-order valence-corrected chi connectivity index (χ1v) is 10.2. The van der Waals surface area contributed by atoms with Gasteiger partial charge in [0.2, 0.25) is 5.95 Å². The molecular formula is C22H25ClN6. The molecule has 0 unspecified atom stereocenters. The number of piperidine rings is 1. The second-order valence-electron chi connectivity index (χ2n) is 7.24. The molecule has 0 amide bonds. The van der Waals surface area contributed by atoms with Crippen molar-refractivity contribution in [3.63, 3.8) is 0 Å². The van der Waals surface area contributed by atoms with Gasteiger partial charge in [0.25, 0.3) is 0 Å². The highest BCUT2D eigenvalue weighted by atomic mass is 35.5. The Morgan fingerprint density at radius 2 is 1.79 bits per heavy atom. The first kappa shape index (κ1) is 19.5. The van der Waals surface area contributed by atoms with Gasteiger partial charge in [-0.25, -0.2) is 0 Å². The van der Waals surface area contributed by atoms with Gasteiger partial charge in [0.15, 0.2) is 0 Å². The van der Waals surface area contributed by atoms with Gasteiger partial charge in [0.05, 0.1) is 5.69 Å². The summed E-state index contributed by atoms with van der Waals surface area (Å²) in [5.41, 5.74) is 3.28. The van der Waals surface area contributed by atoms with Crippen molar-refractivity contribution in [1.82, 2.24) is 14.8 Å². The van der Waals surface area contributed by atoms with Crippen LogP contribution in [0.4, 0.5) is 11.6 Å². The number of nitrogens with zero attached hydrogens (tertiary/aromatic N) is 5. The molecule has 0 atom stereocenters. The third-order valence-corrected chi connectivity index (χ3v) is 5.51. The molecule has 1 aliphatic heterocycles. The highest BCUT2D eigenvalue weighted by Crippen LogP contribution is 2.26. The minimum atomic E-state index is 0.422. The standard InChI is InChI=1S/C22H25ClN6/c1-16-26-27-22(29(16)20-9-7-18(23)8-10-20)28-13-11-19(12-14-28)25-21-6-4-3-5-17(21)15-24-2/h3-10,15,19,25H,11-14H2,1-2H3. The number of aryl methyl sites for hydroxylation is 1. The van der Waals surface area contributed by atoms with E-state index in [0.717, 1.165) is 59.7 Å². The van der Waals surface area contributed by atoms with E-state index in [1.54, 1.807) is 7.05 Å². The molecule has 3 aromatic rings. The zero-order valence-electron chi connectivity index (χ0n) is 16.7. The van der Waals surface area contributed by atoms with E-state index in [-0.39, 0.29) is 0 Å². The first-order valence-electron chi connectivity index (χ1n) is 9.86.